The van der Waals surface area contributed by atoms with E-state index in [-0.39, 0.29) is 12.5 Å². The Morgan fingerprint density at radius 2 is 0.700 bits per heavy atom. The topological polar surface area (TPSA) is 149 Å². The summed E-state index contributed by atoms with van der Waals surface area (Å²) in [6, 6.07) is -0.849. The summed E-state index contributed by atoms with van der Waals surface area (Å²) < 4.78 is 11.3. The molecule has 0 aliphatic carbocycles. The lowest BCUT2D eigenvalue weighted by Gasteiger charge is -2.40. The first kappa shape index (κ1) is 83.6. The monoisotopic (exact) mass is 1250 g/mol. The second kappa shape index (κ2) is 67.4. The standard InChI is InChI=1S/C81H133NO8/c1-3-5-7-9-11-13-15-17-19-21-23-25-27-29-31-32-33-34-35-36-37-38-39-40-41-42-43-44-45-47-49-51-53-55-57-59-61-63-65-67-69-71-77(85)82-74(73-89-81-80(88)79(87)78(86)76(72-83)90-81)75(84)70-68-66-64-62-60-58-56-54-52-50-48-46-30-28-26-24-22-20-18-16-14-12-10-8-6-4-2/h5,7,11,13,17,19,23,25,29,31,33-34,36-37,39-40,42-43,45,47,51-54,60,62,68,70,74-76,78-81,83-84,86-88H,3-4,6,8-10,12,14-16,18,20-22,24,26-28,30,32,35,38,41,44,46,48-50,55-59,61,63-67,69,71-73H2,1-2H3,(H,82,85)/b7-5-,13-11-,19-17-,25-23-,31-29-,34-33-,37-36-,40-39-,43-42-,47-45-,53-51-,54-52+,62-60+,70-68+. The largest absolute Gasteiger partial charge is 0.394 e. The number of nitrogens with one attached hydrogen (secondary N) is 1. The SMILES string of the molecule is CC/C=C\C/C=C\C/C=C\C/C=C\C/C=C\C/C=C\C/C=C\C/C=C\C/C=C\C/C=C\C/C=C\CCCCCCCCCC(=O)NC(COC1OC(CO)C(O)C(O)C1O)C(O)/C=C/CC/C=C/CC/C=C/CCCCCCCCCCCCCCCCCC. The van der Waals surface area contributed by atoms with E-state index in [1.165, 1.54) is 122 Å². The summed E-state index contributed by atoms with van der Waals surface area (Å²) >= 11 is 0. The smallest absolute Gasteiger partial charge is 0.220 e. The number of aliphatic hydroxyl groups excluding tert-OH is 5. The maximum Gasteiger partial charge on any atom is 0.220 e. The van der Waals surface area contributed by atoms with E-state index in [4.69, 9.17) is 9.47 Å². The normalized spacial score (nSPS) is 18.9. The molecule has 1 heterocycles. The number of aliphatic hydroxyl groups is 5. The Balaban J connectivity index is 2.19. The average molecular weight is 1250 g/mol. The molecule has 1 aliphatic heterocycles. The minimum Gasteiger partial charge on any atom is -0.394 e. The summed E-state index contributed by atoms with van der Waals surface area (Å²) in [6.45, 7) is 3.65. The summed E-state index contributed by atoms with van der Waals surface area (Å²) in [5, 5.41) is 54.7. The molecule has 1 amide bonds. The molecule has 0 radical (unpaired) electrons. The van der Waals surface area contributed by atoms with E-state index in [2.05, 4.69) is 177 Å². The molecule has 0 saturated carbocycles. The van der Waals surface area contributed by atoms with Crippen LogP contribution in [0.25, 0.3) is 0 Å². The number of allylic oxidation sites excluding steroid dienone is 27. The third-order valence-corrected chi connectivity index (χ3v) is 16.0. The first-order valence-electron chi connectivity index (χ1n) is 36.4. The highest BCUT2D eigenvalue weighted by Gasteiger charge is 2.44. The van der Waals surface area contributed by atoms with Gasteiger partial charge in [-0.3, -0.25) is 4.79 Å². The van der Waals surface area contributed by atoms with Crippen LogP contribution in [0.2, 0.25) is 0 Å². The summed E-state index contributed by atoms with van der Waals surface area (Å²) in [7, 11) is 0. The van der Waals surface area contributed by atoms with Crippen molar-refractivity contribution in [2.45, 2.75) is 320 Å². The van der Waals surface area contributed by atoms with Gasteiger partial charge in [0.05, 0.1) is 25.4 Å². The molecule has 7 atom stereocenters. The van der Waals surface area contributed by atoms with Gasteiger partial charge in [-0.15, -0.1) is 0 Å². The number of ether oxygens (including phenoxy) is 2. The molecule has 9 heteroatoms. The van der Waals surface area contributed by atoms with Crippen molar-refractivity contribution in [3.8, 4) is 0 Å². The lowest BCUT2D eigenvalue weighted by Crippen LogP contribution is -2.60. The first-order valence-corrected chi connectivity index (χ1v) is 36.4. The van der Waals surface area contributed by atoms with E-state index in [0.29, 0.717) is 6.42 Å². The maximum absolute atomic E-state index is 13.1. The number of unbranched alkanes of at least 4 members (excludes halogenated alkanes) is 25. The fourth-order valence-corrected chi connectivity index (χ4v) is 10.4. The number of rotatable bonds is 61. The van der Waals surface area contributed by atoms with Crippen LogP contribution < -0.4 is 5.32 Å². The highest BCUT2D eigenvalue weighted by Crippen LogP contribution is 2.23. The third-order valence-electron chi connectivity index (χ3n) is 16.0. The number of carbonyl (C=O) groups is 1. The summed E-state index contributed by atoms with van der Waals surface area (Å²) in [5.41, 5.74) is 0. The van der Waals surface area contributed by atoms with Crippen molar-refractivity contribution in [2.75, 3.05) is 13.2 Å². The summed E-state index contributed by atoms with van der Waals surface area (Å²) in [6.07, 6.45) is 100. The van der Waals surface area contributed by atoms with Crippen LogP contribution in [0.1, 0.15) is 277 Å². The van der Waals surface area contributed by atoms with Crippen molar-refractivity contribution in [1.29, 1.82) is 0 Å². The molecule has 0 bridgehead atoms. The molecule has 1 saturated heterocycles. The van der Waals surface area contributed by atoms with Gasteiger partial charge in [0.2, 0.25) is 5.91 Å². The number of hydrogen-bond acceptors (Lipinski definition) is 8. The van der Waals surface area contributed by atoms with E-state index in [1.54, 1.807) is 6.08 Å². The second-order valence-corrected chi connectivity index (χ2v) is 24.3. The Bertz CT molecular complexity index is 2030. The van der Waals surface area contributed by atoms with Crippen LogP contribution in [0.5, 0.6) is 0 Å². The molecule has 1 fully saturated rings. The van der Waals surface area contributed by atoms with E-state index in [0.717, 1.165) is 135 Å². The lowest BCUT2D eigenvalue weighted by atomic mass is 9.99. The average Bonchev–Trinajstić information content (AvgIpc) is 1.28. The van der Waals surface area contributed by atoms with Crippen molar-refractivity contribution in [2.24, 2.45) is 0 Å². The molecule has 510 valence electrons. The van der Waals surface area contributed by atoms with Crippen LogP contribution in [0.15, 0.2) is 170 Å². The molecule has 0 aromatic rings. The molecule has 1 aliphatic rings. The van der Waals surface area contributed by atoms with Crippen LogP contribution in [0.4, 0.5) is 0 Å². The van der Waals surface area contributed by atoms with Gasteiger partial charge >= 0.3 is 0 Å². The molecular formula is C81H133NO8. The van der Waals surface area contributed by atoms with Gasteiger partial charge in [-0.05, 0) is 128 Å². The summed E-state index contributed by atoms with van der Waals surface area (Å²) in [4.78, 5) is 13.1. The van der Waals surface area contributed by atoms with Gasteiger partial charge in [0.25, 0.3) is 0 Å². The van der Waals surface area contributed by atoms with Gasteiger partial charge in [-0.25, -0.2) is 0 Å². The molecule has 0 aromatic carbocycles. The van der Waals surface area contributed by atoms with Gasteiger partial charge < -0.3 is 40.3 Å². The van der Waals surface area contributed by atoms with Gasteiger partial charge in [0.1, 0.15) is 24.4 Å². The molecule has 9 nitrogen and oxygen atoms in total. The van der Waals surface area contributed by atoms with E-state index >= 15 is 0 Å². The van der Waals surface area contributed by atoms with Crippen molar-refractivity contribution in [3.63, 3.8) is 0 Å². The molecule has 6 N–H and O–H groups in total. The Morgan fingerprint density at radius 3 is 1.07 bits per heavy atom. The van der Waals surface area contributed by atoms with Crippen LogP contribution in [-0.4, -0.2) is 87.5 Å². The van der Waals surface area contributed by atoms with E-state index in [1.807, 2.05) is 6.08 Å². The van der Waals surface area contributed by atoms with Gasteiger partial charge in [0, 0.05) is 6.42 Å². The molecule has 7 unspecified atom stereocenters. The van der Waals surface area contributed by atoms with Crippen LogP contribution in [0, 0.1) is 0 Å². The van der Waals surface area contributed by atoms with Crippen molar-refractivity contribution in [3.05, 3.63) is 170 Å². The Labute approximate surface area is 551 Å². The van der Waals surface area contributed by atoms with Gasteiger partial charge in [-0.2, -0.15) is 0 Å². The Hall–Kier alpha value is -4.45. The van der Waals surface area contributed by atoms with Crippen molar-refractivity contribution in [1.82, 2.24) is 5.32 Å². The van der Waals surface area contributed by atoms with E-state index < -0.39 is 49.5 Å². The summed E-state index contributed by atoms with van der Waals surface area (Å²) in [5.74, 6) is -0.207. The highest BCUT2D eigenvalue weighted by atomic mass is 16.7. The second-order valence-electron chi connectivity index (χ2n) is 24.3. The quantitative estimate of drug-likeness (QED) is 0.0261. The predicted molar refractivity (Wildman–Crippen MR) is 386 cm³/mol. The number of hydrogen-bond donors (Lipinski definition) is 6. The van der Waals surface area contributed by atoms with Crippen LogP contribution in [-0.2, 0) is 14.3 Å². The van der Waals surface area contributed by atoms with Crippen molar-refractivity contribution < 1.29 is 39.8 Å². The fourth-order valence-electron chi connectivity index (χ4n) is 10.4. The first-order chi connectivity index (χ1) is 44.3. The molecule has 0 spiro atoms. The third kappa shape index (κ3) is 55.2. The highest BCUT2D eigenvalue weighted by molar-refractivity contribution is 5.76. The zero-order valence-corrected chi connectivity index (χ0v) is 57.1. The Morgan fingerprint density at radius 1 is 0.389 bits per heavy atom. The zero-order chi connectivity index (χ0) is 64.9. The zero-order valence-electron chi connectivity index (χ0n) is 57.1. The van der Waals surface area contributed by atoms with Crippen LogP contribution in [0.3, 0.4) is 0 Å². The minimum absolute atomic E-state index is 0.207. The van der Waals surface area contributed by atoms with E-state index in [9.17, 15) is 30.3 Å². The van der Waals surface area contributed by atoms with Gasteiger partial charge in [-0.1, -0.05) is 312 Å². The number of carbonyl (C=O) groups excluding carboxylic acids is 1. The van der Waals surface area contributed by atoms with Crippen molar-refractivity contribution >= 4 is 5.91 Å². The Kier molecular flexibility index (Phi) is 62.6. The predicted octanol–water partition coefficient (Wildman–Crippen LogP) is 20.5. The maximum atomic E-state index is 13.1. The molecule has 0 aromatic heterocycles. The molecule has 1 rings (SSSR count). The fraction of sp³-hybridized carbons (Fsp3) is 0.642. The lowest BCUT2D eigenvalue weighted by molar-refractivity contribution is -0.302. The minimum atomic E-state index is -1.59. The molecule has 90 heavy (non-hydrogen) atoms. The van der Waals surface area contributed by atoms with Gasteiger partial charge in [0.15, 0.2) is 6.29 Å². The van der Waals surface area contributed by atoms with Crippen LogP contribution >= 0.6 is 0 Å². The molecular weight excluding hydrogens is 1110 g/mol. The number of amides is 1.